The van der Waals surface area contributed by atoms with E-state index in [9.17, 15) is 13.2 Å². The van der Waals surface area contributed by atoms with Crippen molar-refractivity contribution in [2.24, 2.45) is 0 Å². The van der Waals surface area contributed by atoms with Crippen LogP contribution in [0.5, 0.6) is 11.5 Å². The third-order valence-electron chi connectivity index (χ3n) is 3.71. The summed E-state index contributed by atoms with van der Waals surface area (Å²) in [6.45, 7) is 5.30. The molecular weight excluding hydrogens is 392 g/mol. The van der Waals surface area contributed by atoms with E-state index < -0.39 is 15.6 Å². The first kappa shape index (κ1) is 22.4. The van der Waals surface area contributed by atoms with E-state index in [1.165, 1.54) is 18.2 Å². The number of rotatable bonds is 7. The number of sulfonamides is 1. The Morgan fingerprint density at radius 2 is 1.59 bits per heavy atom. The van der Waals surface area contributed by atoms with Gasteiger partial charge in [0.25, 0.3) is 0 Å². The van der Waals surface area contributed by atoms with E-state index in [0.717, 1.165) is 5.56 Å². The van der Waals surface area contributed by atoms with Crippen molar-refractivity contribution in [2.45, 2.75) is 31.2 Å². The van der Waals surface area contributed by atoms with Crippen LogP contribution >= 0.6 is 0 Å². The fourth-order valence-corrected chi connectivity index (χ4v) is 3.91. The number of hydrogen-bond donors (Lipinski definition) is 2. The maximum atomic E-state index is 12.3. The largest absolute Gasteiger partial charge is 0.493 e. The summed E-state index contributed by atoms with van der Waals surface area (Å²) in [6.07, 6.45) is 3.02. The van der Waals surface area contributed by atoms with Gasteiger partial charge in [-0.1, -0.05) is 6.07 Å². The number of ether oxygens (including phenoxy) is 2. The molecule has 156 valence electrons. The molecule has 8 heteroatoms. The Balaban J connectivity index is 2.05. The number of amides is 1. The lowest BCUT2D eigenvalue weighted by Crippen LogP contribution is -2.40. The number of nitrogens with one attached hydrogen (secondary N) is 2. The lowest BCUT2D eigenvalue weighted by Gasteiger charge is -2.20. The molecule has 2 rings (SSSR count). The van der Waals surface area contributed by atoms with E-state index in [1.54, 1.807) is 71.4 Å². The molecule has 29 heavy (non-hydrogen) atoms. The minimum Gasteiger partial charge on any atom is -0.493 e. The van der Waals surface area contributed by atoms with Crippen molar-refractivity contribution in [3.63, 3.8) is 0 Å². The molecule has 0 aliphatic heterocycles. The highest BCUT2D eigenvalue weighted by Gasteiger charge is 2.21. The molecule has 2 N–H and O–H groups in total. The Labute approximate surface area is 171 Å². The summed E-state index contributed by atoms with van der Waals surface area (Å²) in [5, 5.41) is 2.69. The SMILES string of the molecule is COc1ccc(C=CC(=O)Nc2ccc(S(=O)(=O)NC(C)(C)C)cc2)cc1OC. The Hall–Kier alpha value is -2.84. The molecule has 0 radical (unpaired) electrons. The van der Waals surface area contributed by atoms with Crippen molar-refractivity contribution in [3.05, 3.63) is 54.1 Å². The van der Waals surface area contributed by atoms with Crippen molar-refractivity contribution < 1.29 is 22.7 Å². The zero-order valence-corrected chi connectivity index (χ0v) is 18.0. The topological polar surface area (TPSA) is 93.7 Å². The molecule has 0 unspecified atom stereocenters. The second-order valence-corrected chi connectivity index (χ2v) is 9.00. The molecule has 2 aromatic carbocycles. The van der Waals surface area contributed by atoms with Crippen molar-refractivity contribution >= 4 is 27.7 Å². The van der Waals surface area contributed by atoms with Gasteiger partial charge in [0, 0.05) is 17.3 Å². The Kier molecular flexibility index (Phi) is 7.05. The van der Waals surface area contributed by atoms with Crippen LogP contribution in [0.2, 0.25) is 0 Å². The predicted molar refractivity (Wildman–Crippen MR) is 114 cm³/mol. The first-order valence-corrected chi connectivity index (χ1v) is 10.4. The van der Waals surface area contributed by atoms with Gasteiger partial charge >= 0.3 is 0 Å². The van der Waals surface area contributed by atoms with Crippen molar-refractivity contribution in [1.82, 2.24) is 4.72 Å². The number of hydrogen-bond acceptors (Lipinski definition) is 5. The van der Waals surface area contributed by atoms with E-state index in [2.05, 4.69) is 10.0 Å². The van der Waals surface area contributed by atoms with Crippen molar-refractivity contribution in [3.8, 4) is 11.5 Å². The third-order valence-corrected chi connectivity index (χ3v) is 5.48. The molecule has 0 bridgehead atoms. The first-order valence-electron chi connectivity index (χ1n) is 8.89. The van der Waals surface area contributed by atoms with E-state index in [0.29, 0.717) is 17.2 Å². The predicted octanol–water partition coefficient (Wildman–Crippen LogP) is 3.43. The highest BCUT2D eigenvalue weighted by Crippen LogP contribution is 2.28. The standard InChI is InChI=1S/C21H26N2O5S/c1-21(2,3)23-29(25,26)17-10-8-16(9-11-17)22-20(24)13-7-15-6-12-18(27-4)19(14-15)28-5/h6-14,23H,1-5H3,(H,22,24). The van der Waals surface area contributed by atoms with Gasteiger partial charge in [-0.3, -0.25) is 4.79 Å². The van der Waals surface area contributed by atoms with Crippen LogP contribution < -0.4 is 19.5 Å². The molecule has 0 spiro atoms. The third kappa shape index (κ3) is 6.62. The van der Waals surface area contributed by atoms with Gasteiger partial charge in [0.1, 0.15) is 0 Å². The minimum atomic E-state index is -3.62. The second kappa shape index (κ2) is 9.11. The van der Waals surface area contributed by atoms with Crippen LogP contribution in [0.25, 0.3) is 6.08 Å². The van der Waals surface area contributed by atoms with Gasteiger partial charge in [-0.2, -0.15) is 0 Å². The molecule has 0 fully saturated rings. The maximum Gasteiger partial charge on any atom is 0.248 e. The number of carbonyl (C=O) groups excluding carboxylic acids is 1. The van der Waals surface area contributed by atoms with Crippen LogP contribution in [0.3, 0.4) is 0 Å². The van der Waals surface area contributed by atoms with E-state index >= 15 is 0 Å². The summed E-state index contributed by atoms with van der Waals surface area (Å²) in [7, 11) is -0.528. The quantitative estimate of drug-likeness (QED) is 0.672. The van der Waals surface area contributed by atoms with Gasteiger partial charge in [-0.15, -0.1) is 0 Å². The second-order valence-electron chi connectivity index (χ2n) is 7.32. The monoisotopic (exact) mass is 418 g/mol. The van der Waals surface area contributed by atoms with Gasteiger partial charge in [0.15, 0.2) is 11.5 Å². The molecule has 0 aromatic heterocycles. The van der Waals surface area contributed by atoms with E-state index in [-0.39, 0.29) is 10.8 Å². The normalized spacial score (nSPS) is 12.0. The van der Waals surface area contributed by atoms with Crippen molar-refractivity contribution in [1.29, 1.82) is 0 Å². The molecule has 0 aliphatic carbocycles. The fraction of sp³-hybridized carbons (Fsp3) is 0.286. The molecule has 2 aromatic rings. The maximum absolute atomic E-state index is 12.3. The molecular formula is C21H26N2O5S. The Morgan fingerprint density at radius 3 is 2.14 bits per heavy atom. The van der Waals surface area contributed by atoms with Crippen LogP contribution in [-0.2, 0) is 14.8 Å². The van der Waals surface area contributed by atoms with E-state index in [1.807, 2.05) is 0 Å². The Bertz CT molecular complexity index is 991. The molecule has 7 nitrogen and oxygen atoms in total. The van der Waals surface area contributed by atoms with Crippen LogP contribution in [0.1, 0.15) is 26.3 Å². The lowest BCUT2D eigenvalue weighted by molar-refractivity contribution is -0.111. The van der Waals surface area contributed by atoms with Gasteiger partial charge in [-0.05, 0) is 68.8 Å². The molecule has 0 saturated heterocycles. The number of methoxy groups -OCH3 is 2. The molecule has 0 saturated carbocycles. The van der Waals surface area contributed by atoms with Crippen molar-refractivity contribution in [2.75, 3.05) is 19.5 Å². The summed E-state index contributed by atoms with van der Waals surface area (Å²) in [5.41, 5.74) is 0.676. The minimum absolute atomic E-state index is 0.131. The molecule has 0 aliphatic rings. The number of anilines is 1. The van der Waals surface area contributed by atoms with Crippen LogP contribution in [0.15, 0.2) is 53.4 Å². The van der Waals surface area contributed by atoms with Gasteiger partial charge in [0.2, 0.25) is 15.9 Å². The van der Waals surface area contributed by atoms with Gasteiger partial charge in [-0.25, -0.2) is 13.1 Å². The van der Waals surface area contributed by atoms with Gasteiger partial charge < -0.3 is 14.8 Å². The first-order chi connectivity index (χ1) is 13.5. The molecule has 1 amide bonds. The average Bonchev–Trinajstić information content (AvgIpc) is 2.64. The van der Waals surface area contributed by atoms with Crippen LogP contribution in [0, 0.1) is 0 Å². The van der Waals surface area contributed by atoms with Crippen LogP contribution in [-0.4, -0.2) is 34.1 Å². The number of carbonyl (C=O) groups is 1. The molecule has 0 atom stereocenters. The van der Waals surface area contributed by atoms with E-state index in [4.69, 9.17) is 9.47 Å². The summed E-state index contributed by atoms with van der Waals surface area (Å²) < 4.78 is 37.6. The van der Waals surface area contributed by atoms with Crippen LogP contribution in [0.4, 0.5) is 5.69 Å². The summed E-state index contributed by atoms with van der Waals surface area (Å²) in [6, 6.07) is 11.3. The molecule has 0 heterocycles. The van der Waals surface area contributed by atoms with Gasteiger partial charge in [0.05, 0.1) is 19.1 Å². The average molecular weight is 419 g/mol. The Morgan fingerprint density at radius 1 is 0.966 bits per heavy atom. The highest BCUT2D eigenvalue weighted by molar-refractivity contribution is 7.89. The zero-order chi connectivity index (χ0) is 21.7. The number of benzene rings is 2. The zero-order valence-electron chi connectivity index (χ0n) is 17.1. The summed E-state index contributed by atoms with van der Waals surface area (Å²) in [4.78, 5) is 12.3. The smallest absolute Gasteiger partial charge is 0.248 e. The highest BCUT2D eigenvalue weighted by atomic mass is 32.2. The lowest BCUT2D eigenvalue weighted by atomic mass is 10.1. The fourth-order valence-electron chi connectivity index (χ4n) is 2.49. The summed E-state index contributed by atoms with van der Waals surface area (Å²) >= 11 is 0. The summed E-state index contributed by atoms with van der Waals surface area (Å²) in [5.74, 6) is 0.823.